The van der Waals surface area contributed by atoms with Crippen molar-refractivity contribution in [1.29, 1.82) is 0 Å². The highest BCUT2D eigenvalue weighted by atomic mass is 16.5. The highest BCUT2D eigenvalue weighted by Crippen LogP contribution is 2.23. The Hall–Kier alpha value is -1.36. The SMILES string of the molecule is Cc1noc(C)c1CCC(=O)N1CCCC1CCCO. The van der Waals surface area contributed by atoms with Gasteiger partial charge in [-0.25, -0.2) is 0 Å². The van der Waals surface area contributed by atoms with Gasteiger partial charge in [-0.05, 0) is 46.0 Å². The first-order valence-corrected chi connectivity index (χ1v) is 7.45. The summed E-state index contributed by atoms with van der Waals surface area (Å²) in [6, 6.07) is 0.319. The van der Waals surface area contributed by atoms with Crippen LogP contribution in [0.15, 0.2) is 4.52 Å². The fraction of sp³-hybridized carbons (Fsp3) is 0.733. The molecule has 0 aliphatic carbocycles. The third kappa shape index (κ3) is 3.39. The monoisotopic (exact) mass is 280 g/mol. The molecule has 0 radical (unpaired) electrons. The van der Waals surface area contributed by atoms with Gasteiger partial charge in [0, 0.05) is 31.2 Å². The van der Waals surface area contributed by atoms with Gasteiger partial charge in [0.2, 0.25) is 5.91 Å². The zero-order chi connectivity index (χ0) is 14.5. The fourth-order valence-electron chi connectivity index (χ4n) is 3.03. The van der Waals surface area contributed by atoms with Crippen molar-refractivity contribution in [3.8, 4) is 0 Å². The first-order chi connectivity index (χ1) is 9.63. The molecule has 5 nitrogen and oxygen atoms in total. The van der Waals surface area contributed by atoms with Crippen molar-refractivity contribution < 1.29 is 14.4 Å². The molecule has 1 N–H and O–H groups in total. The van der Waals surface area contributed by atoms with Crippen LogP contribution in [0.4, 0.5) is 0 Å². The topological polar surface area (TPSA) is 66.6 Å². The van der Waals surface area contributed by atoms with E-state index in [4.69, 9.17) is 9.63 Å². The maximum atomic E-state index is 12.3. The Kier molecular flexibility index (Phi) is 5.17. The molecule has 0 aromatic carbocycles. The van der Waals surface area contributed by atoms with E-state index in [1.165, 1.54) is 0 Å². The van der Waals surface area contributed by atoms with Crippen molar-refractivity contribution >= 4 is 5.91 Å². The van der Waals surface area contributed by atoms with E-state index in [0.29, 0.717) is 18.9 Å². The normalized spacial score (nSPS) is 18.8. The molecule has 1 aromatic heterocycles. The van der Waals surface area contributed by atoms with E-state index < -0.39 is 0 Å². The molecule has 2 rings (SSSR count). The number of aliphatic hydroxyl groups is 1. The summed E-state index contributed by atoms with van der Waals surface area (Å²) >= 11 is 0. The molecule has 1 aliphatic rings. The summed E-state index contributed by atoms with van der Waals surface area (Å²) in [7, 11) is 0. The summed E-state index contributed by atoms with van der Waals surface area (Å²) in [4.78, 5) is 14.3. The van der Waals surface area contributed by atoms with Crippen LogP contribution in [-0.4, -0.2) is 40.3 Å². The van der Waals surface area contributed by atoms with E-state index in [0.717, 1.165) is 49.2 Å². The second-order valence-corrected chi connectivity index (χ2v) is 5.55. The van der Waals surface area contributed by atoms with Gasteiger partial charge in [-0.15, -0.1) is 0 Å². The van der Waals surface area contributed by atoms with Crippen molar-refractivity contribution in [3.05, 3.63) is 17.0 Å². The number of likely N-dealkylation sites (tertiary alicyclic amines) is 1. The van der Waals surface area contributed by atoms with E-state index in [-0.39, 0.29) is 12.5 Å². The Morgan fingerprint density at radius 1 is 1.50 bits per heavy atom. The van der Waals surface area contributed by atoms with Gasteiger partial charge in [-0.1, -0.05) is 5.16 Å². The fourth-order valence-corrected chi connectivity index (χ4v) is 3.03. The van der Waals surface area contributed by atoms with Gasteiger partial charge in [0.15, 0.2) is 0 Å². The Labute approximate surface area is 119 Å². The van der Waals surface area contributed by atoms with Gasteiger partial charge < -0.3 is 14.5 Å². The van der Waals surface area contributed by atoms with Crippen LogP contribution < -0.4 is 0 Å². The van der Waals surface area contributed by atoms with Crippen molar-refractivity contribution in [2.24, 2.45) is 0 Å². The lowest BCUT2D eigenvalue weighted by Crippen LogP contribution is -2.35. The highest BCUT2D eigenvalue weighted by Gasteiger charge is 2.28. The van der Waals surface area contributed by atoms with Gasteiger partial charge in [0.05, 0.1) is 5.69 Å². The molecule has 5 heteroatoms. The first kappa shape index (κ1) is 15.0. The second kappa shape index (κ2) is 6.88. The van der Waals surface area contributed by atoms with Gasteiger partial charge >= 0.3 is 0 Å². The van der Waals surface area contributed by atoms with Crippen LogP contribution in [0, 0.1) is 13.8 Å². The highest BCUT2D eigenvalue weighted by molar-refractivity contribution is 5.77. The Morgan fingerprint density at radius 2 is 2.30 bits per heavy atom. The lowest BCUT2D eigenvalue weighted by molar-refractivity contribution is -0.132. The van der Waals surface area contributed by atoms with Crippen LogP contribution in [0.5, 0.6) is 0 Å². The van der Waals surface area contributed by atoms with Crippen LogP contribution in [0.3, 0.4) is 0 Å². The average molecular weight is 280 g/mol. The van der Waals surface area contributed by atoms with E-state index in [9.17, 15) is 4.79 Å². The average Bonchev–Trinajstić information content (AvgIpc) is 3.02. The van der Waals surface area contributed by atoms with Gasteiger partial charge in [0.1, 0.15) is 5.76 Å². The summed E-state index contributed by atoms with van der Waals surface area (Å²) in [5.41, 5.74) is 1.94. The summed E-state index contributed by atoms with van der Waals surface area (Å²) in [6.07, 6.45) is 5.04. The number of nitrogens with zero attached hydrogens (tertiary/aromatic N) is 2. The van der Waals surface area contributed by atoms with Gasteiger partial charge in [-0.3, -0.25) is 4.79 Å². The van der Waals surface area contributed by atoms with E-state index >= 15 is 0 Å². The number of carbonyl (C=O) groups excluding carboxylic acids is 1. The minimum absolute atomic E-state index is 0.206. The molecule has 1 atom stereocenters. The van der Waals surface area contributed by atoms with Crippen molar-refractivity contribution in [2.75, 3.05) is 13.2 Å². The Morgan fingerprint density at radius 3 is 2.95 bits per heavy atom. The molecule has 1 fully saturated rings. The molecule has 1 amide bonds. The standard InChI is InChI=1S/C15H24N2O3/c1-11-14(12(2)20-16-11)7-8-15(19)17-9-3-5-13(17)6-4-10-18/h13,18H,3-10H2,1-2H3. The zero-order valence-corrected chi connectivity index (χ0v) is 12.4. The molecule has 0 bridgehead atoms. The largest absolute Gasteiger partial charge is 0.396 e. The maximum absolute atomic E-state index is 12.3. The Balaban J connectivity index is 1.88. The molecule has 1 aliphatic heterocycles. The van der Waals surface area contributed by atoms with Crippen LogP contribution in [0.2, 0.25) is 0 Å². The first-order valence-electron chi connectivity index (χ1n) is 7.45. The number of aromatic nitrogens is 1. The number of hydrogen-bond acceptors (Lipinski definition) is 4. The van der Waals surface area contributed by atoms with E-state index in [1.807, 2.05) is 18.7 Å². The molecule has 112 valence electrons. The molecule has 1 unspecified atom stereocenters. The van der Waals surface area contributed by atoms with Crippen LogP contribution in [0.1, 0.15) is 49.1 Å². The van der Waals surface area contributed by atoms with Gasteiger partial charge in [0.25, 0.3) is 0 Å². The lowest BCUT2D eigenvalue weighted by Gasteiger charge is -2.24. The third-order valence-electron chi connectivity index (χ3n) is 4.16. The number of amides is 1. The predicted octanol–water partition coefficient (Wildman–Crippen LogP) is 1.99. The molecular formula is C15H24N2O3. The molecule has 20 heavy (non-hydrogen) atoms. The number of carbonyl (C=O) groups is 1. The smallest absolute Gasteiger partial charge is 0.223 e. The summed E-state index contributed by atoms with van der Waals surface area (Å²) in [5, 5.41) is 12.8. The number of aryl methyl sites for hydroxylation is 2. The van der Waals surface area contributed by atoms with Crippen LogP contribution in [-0.2, 0) is 11.2 Å². The minimum Gasteiger partial charge on any atom is -0.396 e. The van der Waals surface area contributed by atoms with Crippen LogP contribution in [0.25, 0.3) is 0 Å². The summed E-state index contributed by atoms with van der Waals surface area (Å²) in [5.74, 6) is 1.03. The van der Waals surface area contributed by atoms with Crippen LogP contribution >= 0.6 is 0 Å². The lowest BCUT2D eigenvalue weighted by atomic mass is 10.1. The quantitative estimate of drug-likeness (QED) is 0.865. The predicted molar refractivity (Wildman–Crippen MR) is 75.4 cm³/mol. The Bertz CT molecular complexity index is 436. The third-order valence-corrected chi connectivity index (χ3v) is 4.16. The maximum Gasteiger partial charge on any atom is 0.223 e. The summed E-state index contributed by atoms with van der Waals surface area (Å²) < 4.78 is 5.12. The molecule has 0 saturated carbocycles. The summed E-state index contributed by atoms with van der Waals surface area (Å²) in [6.45, 7) is 4.87. The van der Waals surface area contributed by atoms with E-state index in [2.05, 4.69) is 5.16 Å². The van der Waals surface area contributed by atoms with Crippen molar-refractivity contribution in [1.82, 2.24) is 10.1 Å². The molecular weight excluding hydrogens is 256 g/mol. The number of aliphatic hydroxyl groups excluding tert-OH is 1. The van der Waals surface area contributed by atoms with Gasteiger partial charge in [-0.2, -0.15) is 0 Å². The number of hydrogen-bond donors (Lipinski definition) is 1. The number of rotatable bonds is 6. The molecule has 0 spiro atoms. The zero-order valence-electron chi connectivity index (χ0n) is 12.4. The van der Waals surface area contributed by atoms with Crippen molar-refractivity contribution in [3.63, 3.8) is 0 Å². The molecule has 1 saturated heterocycles. The van der Waals surface area contributed by atoms with Crippen molar-refractivity contribution in [2.45, 2.75) is 58.4 Å². The minimum atomic E-state index is 0.206. The molecule has 1 aromatic rings. The van der Waals surface area contributed by atoms with E-state index in [1.54, 1.807) is 0 Å². The molecule has 2 heterocycles. The second-order valence-electron chi connectivity index (χ2n) is 5.55.